The summed E-state index contributed by atoms with van der Waals surface area (Å²) in [6, 6.07) is 4.96. The molecule has 0 N–H and O–H groups in total. The maximum atomic E-state index is 13.5. The lowest BCUT2D eigenvalue weighted by Gasteiger charge is -2.11. The minimum Gasteiger partial charge on any atom is -0.300 e. The van der Waals surface area contributed by atoms with Crippen molar-refractivity contribution in [1.82, 2.24) is 0 Å². The van der Waals surface area contributed by atoms with Crippen LogP contribution in [-0.4, -0.2) is 5.78 Å². The molecule has 0 saturated heterocycles. The molecule has 0 aliphatic carbocycles. The molecule has 0 saturated carbocycles. The molecule has 0 aliphatic rings. The van der Waals surface area contributed by atoms with Gasteiger partial charge in [0.25, 0.3) is 0 Å². The molecule has 0 aromatic heterocycles. The molecule has 1 atom stereocenters. The van der Waals surface area contributed by atoms with Crippen molar-refractivity contribution >= 4 is 21.7 Å². The van der Waals surface area contributed by atoms with Gasteiger partial charge in [0.15, 0.2) is 0 Å². The first kappa shape index (κ1) is 12.4. The molecule has 0 spiro atoms. The number of rotatable bonds is 4. The van der Waals surface area contributed by atoms with Gasteiger partial charge in [-0.15, -0.1) is 0 Å². The minimum absolute atomic E-state index is 0.0688. The maximum Gasteiger partial charge on any atom is 0.133 e. The maximum absolute atomic E-state index is 13.5. The van der Waals surface area contributed by atoms with E-state index in [9.17, 15) is 9.18 Å². The van der Waals surface area contributed by atoms with Gasteiger partial charge in [0, 0.05) is 10.4 Å². The van der Waals surface area contributed by atoms with E-state index in [1.807, 2.05) is 6.92 Å². The van der Waals surface area contributed by atoms with Crippen molar-refractivity contribution in [3.05, 3.63) is 34.1 Å². The van der Waals surface area contributed by atoms with Crippen molar-refractivity contribution in [2.45, 2.75) is 26.7 Å². The Hall–Kier alpha value is -0.700. The third-order valence-electron chi connectivity index (χ3n) is 2.55. The van der Waals surface area contributed by atoms with E-state index >= 15 is 0 Å². The summed E-state index contributed by atoms with van der Waals surface area (Å²) < 4.78 is 14.2. The van der Waals surface area contributed by atoms with Crippen molar-refractivity contribution in [3.63, 3.8) is 0 Å². The first-order valence-corrected chi connectivity index (χ1v) is 5.78. The number of carbonyl (C=O) groups is 1. The molecule has 3 heteroatoms. The Kier molecular flexibility index (Phi) is 4.45. The minimum atomic E-state index is -0.246. The average molecular weight is 273 g/mol. The van der Waals surface area contributed by atoms with Crippen molar-refractivity contribution in [2.75, 3.05) is 0 Å². The molecule has 0 radical (unpaired) electrons. The predicted molar refractivity (Wildman–Crippen MR) is 62.3 cm³/mol. The first-order valence-electron chi connectivity index (χ1n) is 4.99. The Morgan fingerprint density at radius 2 is 2.20 bits per heavy atom. The van der Waals surface area contributed by atoms with Crippen molar-refractivity contribution in [1.29, 1.82) is 0 Å². The second-order valence-electron chi connectivity index (χ2n) is 3.66. The zero-order valence-corrected chi connectivity index (χ0v) is 10.5. The van der Waals surface area contributed by atoms with Crippen molar-refractivity contribution < 1.29 is 9.18 Å². The molecule has 1 aromatic rings. The highest BCUT2D eigenvalue weighted by Crippen LogP contribution is 2.19. The molecule has 1 rings (SSSR count). The Labute approximate surface area is 97.8 Å². The number of benzene rings is 1. The van der Waals surface area contributed by atoms with Gasteiger partial charge in [0.2, 0.25) is 0 Å². The van der Waals surface area contributed by atoms with Gasteiger partial charge in [0.05, 0.1) is 0 Å². The molecule has 82 valence electrons. The van der Waals surface area contributed by atoms with Crippen LogP contribution >= 0.6 is 15.9 Å². The largest absolute Gasteiger partial charge is 0.300 e. The number of halogens is 2. The summed E-state index contributed by atoms with van der Waals surface area (Å²) in [6.45, 7) is 3.51. The van der Waals surface area contributed by atoms with E-state index in [2.05, 4.69) is 15.9 Å². The van der Waals surface area contributed by atoms with E-state index in [0.29, 0.717) is 12.0 Å². The smallest absolute Gasteiger partial charge is 0.133 e. The fraction of sp³-hybridized carbons (Fsp3) is 0.417. The summed E-state index contributed by atoms with van der Waals surface area (Å²) in [6.07, 6.45) is 1.25. The SMILES string of the molecule is CCC(Cc1ccc(Br)cc1F)C(C)=O. The Morgan fingerprint density at radius 3 is 2.67 bits per heavy atom. The molecule has 1 nitrogen and oxygen atoms in total. The predicted octanol–water partition coefficient (Wildman–Crippen LogP) is 3.75. The normalized spacial score (nSPS) is 12.5. The summed E-state index contributed by atoms with van der Waals surface area (Å²) >= 11 is 3.20. The molecule has 0 aliphatic heterocycles. The van der Waals surface area contributed by atoms with Gasteiger partial charge in [-0.05, 0) is 37.5 Å². The highest BCUT2D eigenvalue weighted by molar-refractivity contribution is 9.10. The number of hydrogen-bond donors (Lipinski definition) is 0. The van der Waals surface area contributed by atoms with Crippen LogP contribution < -0.4 is 0 Å². The number of Topliss-reactive ketones (excluding diaryl/α,β-unsaturated/α-hetero) is 1. The Balaban J connectivity index is 2.84. The van der Waals surface area contributed by atoms with Gasteiger partial charge >= 0.3 is 0 Å². The molecular formula is C12H14BrFO. The standard InChI is InChI=1S/C12H14BrFO/c1-3-9(8(2)15)6-10-4-5-11(13)7-12(10)14/h4-5,7,9H,3,6H2,1-2H3. The first-order chi connectivity index (χ1) is 7.04. The Morgan fingerprint density at radius 1 is 1.53 bits per heavy atom. The van der Waals surface area contributed by atoms with Gasteiger partial charge in [-0.1, -0.05) is 28.9 Å². The van der Waals surface area contributed by atoms with E-state index < -0.39 is 0 Å². The van der Waals surface area contributed by atoms with E-state index in [1.54, 1.807) is 19.1 Å². The van der Waals surface area contributed by atoms with E-state index in [-0.39, 0.29) is 17.5 Å². The number of ketones is 1. The van der Waals surface area contributed by atoms with Gasteiger partial charge in [-0.3, -0.25) is 4.79 Å². The fourth-order valence-corrected chi connectivity index (χ4v) is 1.86. The van der Waals surface area contributed by atoms with Crippen LogP contribution in [-0.2, 0) is 11.2 Å². The summed E-state index contributed by atoms with van der Waals surface area (Å²) in [5.74, 6) is -0.190. The molecular weight excluding hydrogens is 259 g/mol. The van der Waals surface area contributed by atoms with Crippen molar-refractivity contribution in [2.24, 2.45) is 5.92 Å². The lowest BCUT2D eigenvalue weighted by atomic mass is 9.93. The topological polar surface area (TPSA) is 17.1 Å². The highest BCUT2D eigenvalue weighted by Gasteiger charge is 2.14. The van der Waals surface area contributed by atoms with Crippen LogP contribution in [0.1, 0.15) is 25.8 Å². The van der Waals surface area contributed by atoms with Crippen LogP contribution in [0.15, 0.2) is 22.7 Å². The van der Waals surface area contributed by atoms with Gasteiger partial charge in [-0.25, -0.2) is 4.39 Å². The molecule has 1 unspecified atom stereocenters. The highest BCUT2D eigenvalue weighted by atomic mass is 79.9. The van der Waals surface area contributed by atoms with Crippen LogP contribution in [0.3, 0.4) is 0 Å². The second kappa shape index (κ2) is 5.40. The third-order valence-corrected chi connectivity index (χ3v) is 3.04. The van der Waals surface area contributed by atoms with Gasteiger partial charge < -0.3 is 0 Å². The molecule has 1 aromatic carbocycles. The van der Waals surface area contributed by atoms with Crippen LogP contribution in [0.2, 0.25) is 0 Å². The van der Waals surface area contributed by atoms with E-state index in [0.717, 1.165) is 10.9 Å². The zero-order chi connectivity index (χ0) is 11.4. The average Bonchev–Trinajstić information content (AvgIpc) is 2.16. The number of carbonyl (C=O) groups excluding carboxylic acids is 1. The monoisotopic (exact) mass is 272 g/mol. The molecule has 15 heavy (non-hydrogen) atoms. The molecule has 0 bridgehead atoms. The summed E-state index contributed by atoms with van der Waals surface area (Å²) in [5, 5.41) is 0. The molecule has 0 amide bonds. The van der Waals surface area contributed by atoms with Crippen LogP contribution in [0.5, 0.6) is 0 Å². The lowest BCUT2D eigenvalue weighted by Crippen LogP contribution is -2.13. The fourth-order valence-electron chi connectivity index (χ4n) is 1.53. The van der Waals surface area contributed by atoms with Crippen LogP contribution in [0, 0.1) is 11.7 Å². The quantitative estimate of drug-likeness (QED) is 0.816. The zero-order valence-electron chi connectivity index (χ0n) is 8.89. The van der Waals surface area contributed by atoms with E-state index in [1.165, 1.54) is 6.07 Å². The second-order valence-corrected chi connectivity index (χ2v) is 4.57. The molecule has 0 fully saturated rings. The molecule has 0 heterocycles. The van der Waals surface area contributed by atoms with Gasteiger partial charge in [-0.2, -0.15) is 0 Å². The van der Waals surface area contributed by atoms with E-state index in [4.69, 9.17) is 0 Å². The van der Waals surface area contributed by atoms with Crippen LogP contribution in [0.25, 0.3) is 0 Å². The van der Waals surface area contributed by atoms with Gasteiger partial charge in [0.1, 0.15) is 11.6 Å². The Bertz CT molecular complexity index is 363. The van der Waals surface area contributed by atoms with Crippen LogP contribution in [0.4, 0.5) is 4.39 Å². The summed E-state index contributed by atoms with van der Waals surface area (Å²) in [7, 11) is 0. The lowest BCUT2D eigenvalue weighted by molar-refractivity contribution is -0.120. The number of hydrogen-bond acceptors (Lipinski definition) is 1. The van der Waals surface area contributed by atoms with Crippen molar-refractivity contribution in [3.8, 4) is 0 Å². The summed E-state index contributed by atoms with van der Waals surface area (Å²) in [5.41, 5.74) is 0.611. The summed E-state index contributed by atoms with van der Waals surface area (Å²) in [4.78, 5) is 11.2. The third kappa shape index (κ3) is 3.42.